The number of nitrogens with zero attached hydrogens (tertiary/aromatic N) is 2. The summed E-state index contributed by atoms with van der Waals surface area (Å²) in [7, 11) is 0. The molecule has 186 valence electrons. The van der Waals surface area contributed by atoms with Crippen LogP contribution in [0.1, 0.15) is 24.0 Å². The number of hydroxylamine groups is 4. The number of carbonyl (C=O) groups excluding carboxylic acids is 4. The molecule has 11 nitrogen and oxygen atoms in total. The molecule has 36 heavy (non-hydrogen) atoms. The molecular weight excluding hydrogens is 472 g/mol. The molecule has 0 spiro atoms. The van der Waals surface area contributed by atoms with Gasteiger partial charge in [-0.1, -0.05) is 60.7 Å². The first-order valence-corrected chi connectivity index (χ1v) is 11.0. The lowest BCUT2D eigenvalue weighted by molar-refractivity contribution is -0.372. The van der Waals surface area contributed by atoms with Crippen LogP contribution in [0.2, 0.25) is 0 Å². The SMILES string of the molecule is O=C1/C=C\C(=O)ON2OC(=O)/C=C\C(=O)ON(CC2CCC(O)(c2ccccc2)c2ccccc2)O1. The molecule has 0 fully saturated rings. The summed E-state index contributed by atoms with van der Waals surface area (Å²) in [6.07, 6.45) is 3.09. The Balaban J connectivity index is 1.69. The fraction of sp³-hybridized carbons (Fsp3) is 0.200. The van der Waals surface area contributed by atoms with Gasteiger partial charge in [0.2, 0.25) is 0 Å². The van der Waals surface area contributed by atoms with Gasteiger partial charge >= 0.3 is 23.9 Å². The van der Waals surface area contributed by atoms with Crippen molar-refractivity contribution < 1.29 is 43.6 Å². The van der Waals surface area contributed by atoms with Crippen molar-refractivity contribution in [2.75, 3.05) is 6.54 Å². The number of benzene rings is 2. The van der Waals surface area contributed by atoms with Crippen molar-refractivity contribution in [2.24, 2.45) is 0 Å². The highest BCUT2D eigenvalue weighted by Gasteiger charge is 2.37. The molecule has 1 N–H and O–H groups in total. The molecular formula is C25H22N2O9. The van der Waals surface area contributed by atoms with E-state index in [1.54, 1.807) is 48.5 Å². The average Bonchev–Trinajstić information content (AvgIpc) is 2.88. The van der Waals surface area contributed by atoms with Gasteiger partial charge in [0, 0.05) is 34.8 Å². The Morgan fingerprint density at radius 2 is 1.11 bits per heavy atom. The van der Waals surface area contributed by atoms with E-state index in [1.165, 1.54) is 0 Å². The minimum atomic E-state index is -1.49. The first-order chi connectivity index (χ1) is 17.3. The lowest BCUT2D eigenvalue weighted by atomic mass is 9.81. The Hall–Kier alpha value is -4.32. The van der Waals surface area contributed by atoms with E-state index in [9.17, 15) is 24.3 Å². The van der Waals surface area contributed by atoms with Crippen LogP contribution in [0.3, 0.4) is 0 Å². The van der Waals surface area contributed by atoms with Crippen LogP contribution in [0.4, 0.5) is 0 Å². The zero-order chi connectivity index (χ0) is 25.5. The number of aliphatic hydroxyl groups is 1. The van der Waals surface area contributed by atoms with Crippen LogP contribution in [0.5, 0.6) is 0 Å². The third-order valence-electron chi connectivity index (χ3n) is 5.45. The van der Waals surface area contributed by atoms with E-state index >= 15 is 0 Å². The van der Waals surface area contributed by atoms with Gasteiger partial charge in [0.05, 0.1) is 6.54 Å². The van der Waals surface area contributed by atoms with Gasteiger partial charge in [0.25, 0.3) is 0 Å². The number of hydrogen-bond donors (Lipinski definition) is 1. The van der Waals surface area contributed by atoms with Gasteiger partial charge in [-0.3, -0.25) is 0 Å². The van der Waals surface area contributed by atoms with E-state index in [1.807, 2.05) is 12.1 Å². The monoisotopic (exact) mass is 494 g/mol. The predicted octanol–water partition coefficient (Wildman–Crippen LogP) is 1.65. The van der Waals surface area contributed by atoms with Gasteiger partial charge in [0.15, 0.2) is 0 Å². The lowest BCUT2D eigenvalue weighted by Gasteiger charge is -2.34. The summed E-state index contributed by atoms with van der Waals surface area (Å²) in [5.74, 6) is -4.04. The van der Waals surface area contributed by atoms with Crippen molar-refractivity contribution in [3.8, 4) is 0 Å². The quantitative estimate of drug-likeness (QED) is 0.651. The van der Waals surface area contributed by atoms with E-state index in [4.69, 9.17) is 19.4 Å². The number of fused-ring (bicyclic) bond motifs is 3. The lowest BCUT2D eigenvalue weighted by Crippen LogP contribution is -2.48. The van der Waals surface area contributed by atoms with Crippen molar-refractivity contribution >= 4 is 23.9 Å². The molecule has 2 aliphatic rings. The molecule has 11 heteroatoms. The average molecular weight is 494 g/mol. The standard InChI is InChI=1S/C25H22N2O9/c28-21-11-13-23(30)35-27-20(17-26(33-21)34-22(29)12-14-24(31)36-27)15-16-25(32,18-7-3-1-4-8-18)19-9-5-2-6-10-19/h1-14,20,32H,15-17H2/b13-11-,14-12-. The van der Waals surface area contributed by atoms with Crippen LogP contribution in [0, 0.1) is 0 Å². The highest BCUT2D eigenvalue weighted by Crippen LogP contribution is 2.35. The Morgan fingerprint density at radius 1 is 0.694 bits per heavy atom. The van der Waals surface area contributed by atoms with Gasteiger partial charge in [-0.25, -0.2) is 19.2 Å². The Bertz CT molecular complexity index is 1100. The number of rotatable bonds is 5. The van der Waals surface area contributed by atoms with E-state index < -0.39 is 35.5 Å². The van der Waals surface area contributed by atoms with E-state index in [-0.39, 0.29) is 19.4 Å². The Labute approximate surface area is 205 Å². The molecule has 0 aromatic heterocycles. The Kier molecular flexibility index (Phi) is 7.54. The van der Waals surface area contributed by atoms with Gasteiger partial charge in [-0.2, -0.15) is 0 Å². The molecule has 2 bridgehead atoms. The summed E-state index contributed by atoms with van der Waals surface area (Å²) in [6, 6.07) is 16.8. The van der Waals surface area contributed by atoms with Crippen LogP contribution in [0.15, 0.2) is 85.0 Å². The topological polar surface area (TPSA) is 132 Å². The van der Waals surface area contributed by atoms with Crippen LogP contribution >= 0.6 is 0 Å². The molecule has 4 rings (SSSR count). The van der Waals surface area contributed by atoms with Crippen molar-refractivity contribution in [3.63, 3.8) is 0 Å². The van der Waals surface area contributed by atoms with Gasteiger partial charge in [-0.15, -0.1) is 0 Å². The minimum Gasteiger partial charge on any atom is -0.380 e. The maximum Gasteiger partial charge on any atom is 0.353 e. The van der Waals surface area contributed by atoms with Crippen molar-refractivity contribution in [1.29, 1.82) is 0 Å². The predicted molar refractivity (Wildman–Crippen MR) is 120 cm³/mol. The molecule has 2 heterocycles. The molecule has 1 unspecified atom stereocenters. The van der Waals surface area contributed by atoms with Crippen LogP contribution < -0.4 is 0 Å². The fourth-order valence-electron chi connectivity index (χ4n) is 3.73. The molecule has 0 radical (unpaired) electrons. The molecule has 1 atom stereocenters. The van der Waals surface area contributed by atoms with Crippen molar-refractivity contribution in [3.05, 3.63) is 96.1 Å². The molecule has 0 aliphatic carbocycles. The maximum absolute atomic E-state index is 12.2. The van der Waals surface area contributed by atoms with Crippen molar-refractivity contribution in [1.82, 2.24) is 10.5 Å². The molecule has 2 aliphatic heterocycles. The molecule has 0 amide bonds. The largest absolute Gasteiger partial charge is 0.380 e. The maximum atomic E-state index is 12.2. The molecule has 2 aromatic rings. The van der Waals surface area contributed by atoms with Crippen LogP contribution in [0.25, 0.3) is 0 Å². The fourth-order valence-corrected chi connectivity index (χ4v) is 3.73. The molecule has 0 saturated carbocycles. The zero-order valence-electron chi connectivity index (χ0n) is 18.9. The van der Waals surface area contributed by atoms with E-state index in [0.717, 1.165) is 24.3 Å². The highest BCUT2D eigenvalue weighted by atomic mass is 17.0. The Morgan fingerprint density at radius 3 is 1.56 bits per heavy atom. The first-order valence-electron chi connectivity index (χ1n) is 11.0. The zero-order valence-corrected chi connectivity index (χ0v) is 18.9. The smallest absolute Gasteiger partial charge is 0.353 e. The summed E-state index contributed by atoms with van der Waals surface area (Å²) in [5.41, 5.74) is -0.302. The van der Waals surface area contributed by atoms with Crippen molar-refractivity contribution in [2.45, 2.75) is 24.5 Å². The van der Waals surface area contributed by atoms with Crippen LogP contribution in [-0.2, 0) is 44.1 Å². The summed E-state index contributed by atoms with van der Waals surface area (Å²) in [5, 5.41) is 13.1. The van der Waals surface area contributed by atoms with Gasteiger partial charge in [-0.05, 0) is 24.0 Å². The van der Waals surface area contributed by atoms with E-state index in [2.05, 4.69) is 0 Å². The summed E-state index contributed by atoms with van der Waals surface area (Å²) in [4.78, 5) is 68.8. The second kappa shape index (κ2) is 11.0. The summed E-state index contributed by atoms with van der Waals surface area (Å²) >= 11 is 0. The normalized spacial score (nSPS) is 24.5. The van der Waals surface area contributed by atoms with Gasteiger partial charge in [0.1, 0.15) is 11.6 Å². The second-order valence-electron chi connectivity index (χ2n) is 7.89. The molecule has 0 saturated heterocycles. The summed E-state index contributed by atoms with van der Waals surface area (Å²) in [6.45, 7) is -0.390. The number of carbonyl (C=O) groups is 4. The second-order valence-corrected chi connectivity index (χ2v) is 7.89. The van der Waals surface area contributed by atoms with Gasteiger partial charge < -0.3 is 24.5 Å². The highest BCUT2D eigenvalue weighted by molar-refractivity contribution is 5.92. The van der Waals surface area contributed by atoms with E-state index in [0.29, 0.717) is 21.6 Å². The van der Waals surface area contributed by atoms with Crippen LogP contribution in [-0.4, -0.2) is 52.0 Å². The third kappa shape index (κ3) is 6.02. The number of hydrogen-bond acceptors (Lipinski definition) is 11. The summed E-state index contributed by atoms with van der Waals surface area (Å²) < 4.78 is 0. The minimum absolute atomic E-state index is 0.0138. The third-order valence-corrected chi connectivity index (χ3v) is 5.45. The first kappa shape index (κ1) is 24.8. The molecule has 2 aromatic carbocycles.